The molecule has 2 N–H and O–H groups in total. The third-order valence-electron chi connectivity index (χ3n) is 9.64. The molecule has 0 aromatic heterocycles. The van der Waals surface area contributed by atoms with Gasteiger partial charge in [0.1, 0.15) is 17.6 Å². The summed E-state index contributed by atoms with van der Waals surface area (Å²) in [7, 11) is 2.36. The second kappa shape index (κ2) is 8.92. The molecular weight excluding hydrogens is 505 g/mol. The van der Waals surface area contributed by atoms with Gasteiger partial charge in [-0.05, 0) is 49.2 Å². The smallest absolute Gasteiger partial charge is 0.416 e. The summed E-state index contributed by atoms with van der Waals surface area (Å²) in [6, 6.07) is 8.18. The van der Waals surface area contributed by atoms with Crippen LogP contribution in [0.2, 0.25) is 0 Å². The van der Waals surface area contributed by atoms with Gasteiger partial charge in [-0.3, -0.25) is 4.79 Å². The number of likely N-dealkylation sites (tertiary alicyclic amines) is 1. The van der Waals surface area contributed by atoms with Gasteiger partial charge in [0.2, 0.25) is 0 Å². The molecule has 2 aromatic rings. The fourth-order valence-electron chi connectivity index (χ4n) is 8.31. The second-order valence-corrected chi connectivity index (χ2v) is 12.4. The molecule has 2 fully saturated rings. The molecule has 6 rings (SSSR count). The highest BCUT2D eigenvalue weighted by Crippen LogP contribution is 2.64. The maximum Gasteiger partial charge on any atom is 0.416 e. The minimum Gasteiger partial charge on any atom is -0.508 e. The van der Waals surface area contributed by atoms with Crippen molar-refractivity contribution in [3.05, 3.63) is 58.7 Å². The van der Waals surface area contributed by atoms with Gasteiger partial charge in [-0.25, -0.2) is 0 Å². The molecule has 1 spiro atoms. The molecule has 2 aromatic carbocycles. The van der Waals surface area contributed by atoms with Crippen LogP contribution in [0.1, 0.15) is 55.4 Å². The van der Waals surface area contributed by atoms with E-state index in [2.05, 4.69) is 38.1 Å². The van der Waals surface area contributed by atoms with E-state index in [0.717, 1.165) is 72.3 Å². The number of carbonyl (C=O) groups is 1. The molecular formula is C31H34F3N2O3+. The number of halogens is 3. The fourth-order valence-corrected chi connectivity index (χ4v) is 8.31. The average Bonchev–Trinajstić information content (AvgIpc) is 3.21. The van der Waals surface area contributed by atoms with Crippen LogP contribution in [0.5, 0.6) is 11.5 Å². The number of amides is 1. The maximum atomic E-state index is 12.9. The lowest BCUT2D eigenvalue weighted by atomic mass is 9.50. The van der Waals surface area contributed by atoms with Crippen LogP contribution < -0.4 is 10.1 Å². The molecule has 6 atom stereocenters. The molecule has 2 heterocycles. The summed E-state index contributed by atoms with van der Waals surface area (Å²) >= 11 is 0. The predicted octanol–water partition coefficient (Wildman–Crippen LogP) is 4.79. The number of likely N-dealkylation sites (N-methyl/N-ethyl adjacent to an activating group) is 1. The van der Waals surface area contributed by atoms with Gasteiger partial charge in [0, 0.05) is 47.3 Å². The SMILES string of the molecule is CC(C)C[N+]1(C)CC[C@@]23c4c5ccc(O)c4C[C@@H]1[C@@H]2CC[C@H](NC(=O)C#Cc1ccc(C(F)(F)F)cc1)[C@@H]3O5. The number of carbonyl (C=O) groups excluding carboxylic acids is 1. The van der Waals surface area contributed by atoms with Crippen molar-refractivity contribution in [2.24, 2.45) is 11.8 Å². The number of ether oxygens (including phenoxy) is 1. The zero-order valence-corrected chi connectivity index (χ0v) is 22.4. The molecule has 5 nitrogen and oxygen atoms in total. The van der Waals surface area contributed by atoms with E-state index in [0.29, 0.717) is 29.2 Å². The summed E-state index contributed by atoms with van der Waals surface area (Å²) in [6.07, 6.45) is -1.20. The van der Waals surface area contributed by atoms with Crippen LogP contribution in [-0.2, 0) is 22.8 Å². The van der Waals surface area contributed by atoms with Gasteiger partial charge in [0.15, 0.2) is 0 Å². The Balaban J connectivity index is 1.28. The zero-order chi connectivity index (χ0) is 27.7. The first-order chi connectivity index (χ1) is 18.4. The lowest BCUT2D eigenvalue weighted by Crippen LogP contribution is -2.73. The van der Waals surface area contributed by atoms with Crippen molar-refractivity contribution in [1.82, 2.24) is 5.32 Å². The predicted molar refractivity (Wildman–Crippen MR) is 140 cm³/mol. The number of alkyl halides is 3. The first-order valence-electron chi connectivity index (χ1n) is 13.8. The van der Waals surface area contributed by atoms with Crippen LogP contribution in [0.3, 0.4) is 0 Å². The molecule has 1 amide bonds. The van der Waals surface area contributed by atoms with Gasteiger partial charge < -0.3 is 19.6 Å². The van der Waals surface area contributed by atoms with Crippen molar-refractivity contribution in [2.75, 3.05) is 20.1 Å². The summed E-state index contributed by atoms with van der Waals surface area (Å²) in [4.78, 5) is 12.9. The van der Waals surface area contributed by atoms with Crippen molar-refractivity contribution in [1.29, 1.82) is 0 Å². The molecule has 1 saturated carbocycles. The maximum absolute atomic E-state index is 12.9. The number of hydrogen-bond donors (Lipinski definition) is 2. The minimum absolute atomic E-state index is 0.251. The average molecular weight is 540 g/mol. The number of piperidine rings is 1. The third-order valence-corrected chi connectivity index (χ3v) is 9.64. The summed E-state index contributed by atoms with van der Waals surface area (Å²) in [5.41, 5.74) is 1.46. The highest BCUT2D eigenvalue weighted by atomic mass is 19.4. The number of aromatic hydroxyl groups is 1. The molecule has 2 bridgehead atoms. The largest absolute Gasteiger partial charge is 0.508 e. The van der Waals surface area contributed by atoms with Crippen molar-refractivity contribution in [3.8, 4) is 23.3 Å². The highest BCUT2D eigenvalue weighted by Gasteiger charge is 2.69. The number of phenols is 1. The van der Waals surface area contributed by atoms with E-state index in [1.54, 1.807) is 6.07 Å². The van der Waals surface area contributed by atoms with Crippen molar-refractivity contribution < 1.29 is 32.3 Å². The molecule has 39 heavy (non-hydrogen) atoms. The molecule has 1 saturated heterocycles. The number of quaternary nitrogens is 1. The highest BCUT2D eigenvalue weighted by molar-refractivity contribution is 5.94. The quantitative estimate of drug-likeness (QED) is 0.436. The van der Waals surface area contributed by atoms with E-state index in [1.807, 2.05) is 6.07 Å². The molecule has 2 aliphatic carbocycles. The van der Waals surface area contributed by atoms with Crippen LogP contribution >= 0.6 is 0 Å². The number of rotatable bonds is 3. The van der Waals surface area contributed by atoms with Gasteiger partial charge >= 0.3 is 6.18 Å². The topological polar surface area (TPSA) is 58.6 Å². The van der Waals surface area contributed by atoms with E-state index < -0.39 is 17.6 Å². The Morgan fingerprint density at radius 3 is 2.64 bits per heavy atom. The van der Waals surface area contributed by atoms with Gasteiger partial charge in [0.05, 0.1) is 43.2 Å². The van der Waals surface area contributed by atoms with Crippen LogP contribution in [0.15, 0.2) is 36.4 Å². The van der Waals surface area contributed by atoms with Crippen molar-refractivity contribution >= 4 is 5.91 Å². The Bertz CT molecular complexity index is 1380. The molecule has 1 unspecified atom stereocenters. The number of hydrogen-bond acceptors (Lipinski definition) is 3. The van der Waals surface area contributed by atoms with Crippen LogP contribution in [0.25, 0.3) is 0 Å². The van der Waals surface area contributed by atoms with E-state index in [9.17, 15) is 23.1 Å². The Kier molecular flexibility index (Phi) is 5.96. The number of phenolic OH excluding ortho intramolecular Hbond substituents is 1. The van der Waals surface area contributed by atoms with Gasteiger partial charge in [-0.1, -0.05) is 19.8 Å². The summed E-state index contributed by atoms with van der Waals surface area (Å²) in [5.74, 6) is 6.86. The minimum atomic E-state index is -4.42. The van der Waals surface area contributed by atoms with E-state index in [-0.39, 0.29) is 17.6 Å². The summed E-state index contributed by atoms with van der Waals surface area (Å²) in [5, 5.41) is 14.0. The first-order valence-corrected chi connectivity index (χ1v) is 13.8. The fraction of sp³-hybridized carbons (Fsp3) is 0.516. The van der Waals surface area contributed by atoms with Gasteiger partial charge in [-0.15, -0.1) is 0 Å². The standard InChI is InChI=1S/C31H33F3N2O3/c1-18(2)17-36(3)15-14-30-22-9-10-23(29(30)39-26-12-11-25(37)21(28(26)30)16-24(22)36)35-27(38)13-6-19-4-7-20(8-5-19)31(32,33)34/h4-5,7-8,11-12,18,22-24,29H,9-10,14-17H2,1-3H3,(H-,35,37,38)/p+1/t22-,23-,24+,29-,30-,36?/m0/s1. The lowest BCUT2D eigenvalue weighted by Gasteiger charge is -2.62. The number of benzene rings is 2. The van der Waals surface area contributed by atoms with Crippen LogP contribution in [-0.4, -0.2) is 53.8 Å². The number of nitrogens with zero attached hydrogens (tertiary/aromatic N) is 1. The van der Waals surface area contributed by atoms with Gasteiger partial charge in [-0.2, -0.15) is 13.2 Å². The van der Waals surface area contributed by atoms with Crippen LogP contribution in [0, 0.1) is 23.7 Å². The number of nitrogens with one attached hydrogen (secondary N) is 1. The Labute approximate surface area is 226 Å². The van der Waals surface area contributed by atoms with E-state index in [4.69, 9.17) is 4.74 Å². The Hall–Kier alpha value is -3.18. The Morgan fingerprint density at radius 2 is 1.95 bits per heavy atom. The molecule has 8 heteroatoms. The monoisotopic (exact) mass is 539 g/mol. The molecule has 2 aliphatic heterocycles. The summed E-state index contributed by atoms with van der Waals surface area (Å²) < 4.78 is 46.1. The normalized spacial score (nSPS) is 32.1. The third kappa shape index (κ3) is 4.09. The molecule has 0 radical (unpaired) electrons. The van der Waals surface area contributed by atoms with E-state index >= 15 is 0 Å². The Morgan fingerprint density at radius 1 is 1.21 bits per heavy atom. The summed E-state index contributed by atoms with van der Waals surface area (Å²) in [6.45, 7) is 6.63. The zero-order valence-electron chi connectivity index (χ0n) is 22.4. The lowest BCUT2D eigenvalue weighted by molar-refractivity contribution is -0.947. The van der Waals surface area contributed by atoms with Gasteiger partial charge in [0.25, 0.3) is 5.91 Å². The molecule has 206 valence electrons. The van der Waals surface area contributed by atoms with E-state index in [1.165, 1.54) is 12.1 Å². The van der Waals surface area contributed by atoms with Crippen molar-refractivity contribution in [3.63, 3.8) is 0 Å². The second-order valence-electron chi connectivity index (χ2n) is 12.4. The molecule has 4 aliphatic rings. The first kappa shape index (κ1) is 26.1. The van der Waals surface area contributed by atoms with Crippen LogP contribution in [0.4, 0.5) is 13.2 Å². The van der Waals surface area contributed by atoms with Crippen molar-refractivity contribution in [2.45, 2.75) is 69.3 Å².